The first-order valence-electron chi connectivity index (χ1n) is 8.50. The van der Waals surface area contributed by atoms with Gasteiger partial charge in [-0.1, -0.05) is 44.9 Å². The van der Waals surface area contributed by atoms with Gasteiger partial charge in [0.1, 0.15) is 0 Å². The lowest BCUT2D eigenvalue weighted by molar-refractivity contribution is -0.116. The Morgan fingerprint density at radius 3 is 2.76 bits per heavy atom. The minimum atomic E-state index is -0.217. The number of amides is 1. The molecule has 1 N–H and O–H groups in total. The molecule has 3 rings (SSSR count). The molecule has 4 nitrogen and oxygen atoms in total. The Balaban J connectivity index is 1.55. The molecule has 2 heterocycles. The van der Waals surface area contributed by atoms with Gasteiger partial charge in [-0.25, -0.2) is 4.98 Å². The first-order chi connectivity index (χ1) is 11.9. The van der Waals surface area contributed by atoms with Gasteiger partial charge in [-0.2, -0.15) is 0 Å². The van der Waals surface area contributed by atoms with Crippen LogP contribution < -0.4 is 10.2 Å². The summed E-state index contributed by atoms with van der Waals surface area (Å²) in [6.07, 6.45) is 0.920. The molecule has 1 unspecified atom stereocenters. The molecule has 0 radical (unpaired) electrons. The molecule has 25 heavy (non-hydrogen) atoms. The summed E-state index contributed by atoms with van der Waals surface area (Å²) in [4.78, 5) is 19.0. The van der Waals surface area contributed by atoms with Crippen molar-refractivity contribution in [2.45, 2.75) is 38.6 Å². The highest BCUT2D eigenvalue weighted by molar-refractivity contribution is 7.13. The predicted octanol–water partition coefficient (Wildman–Crippen LogP) is 3.19. The van der Waals surface area contributed by atoms with E-state index in [0.29, 0.717) is 0 Å². The van der Waals surface area contributed by atoms with Crippen molar-refractivity contribution in [3.8, 4) is 11.8 Å². The van der Waals surface area contributed by atoms with Crippen molar-refractivity contribution >= 4 is 22.4 Å². The van der Waals surface area contributed by atoms with E-state index in [-0.39, 0.29) is 17.4 Å². The second kappa shape index (κ2) is 7.28. The number of carbonyl (C=O) groups excluding carboxylic acids is 1. The topological polar surface area (TPSA) is 45.2 Å². The van der Waals surface area contributed by atoms with Gasteiger partial charge in [0, 0.05) is 41.4 Å². The number of rotatable bonds is 2. The maximum Gasteiger partial charge on any atom is 0.296 e. The predicted molar refractivity (Wildman–Crippen MR) is 103 cm³/mol. The van der Waals surface area contributed by atoms with E-state index in [1.807, 2.05) is 30.3 Å². The molecule has 5 heteroatoms. The number of anilines is 1. The first-order valence-corrected chi connectivity index (χ1v) is 9.38. The third kappa shape index (κ3) is 4.61. The Labute approximate surface area is 153 Å². The van der Waals surface area contributed by atoms with E-state index in [1.54, 1.807) is 11.3 Å². The Morgan fingerprint density at radius 2 is 2.08 bits per heavy atom. The number of nitrogens with zero attached hydrogens (tertiary/aromatic N) is 2. The summed E-state index contributed by atoms with van der Waals surface area (Å²) in [7, 11) is 0. The molecule has 130 valence electrons. The molecule has 0 bridgehead atoms. The number of hydrogen-bond donors (Lipinski definition) is 1. The summed E-state index contributed by atoms with van der Waals surface area (Å²) in [5.74, 6) is 5.35. The summed E-state index contributed by atoms with van der Waals surface area (Å²) in [5, 5.41) is 6.18. The van der Waals surface area contributed by atoms with Crippen LogP contribution in [0.5, 0.6) is 0 Å². The van der Waals surface area contributed by atoms with Gasteiger partial charge in [0.05, 0.1) is 5.69 Å². The van der Waals surface area contributed by atoms with Gasteiger partial charge in [0.2, 0.25) is 0 Å². The quantitative estimate of drug-likeness (QED) is 0.844. The molecule has 1 aromatic heterocycles. The molecule has 1 aliphatic rings. The van der Waals surface area contributed by atoms with E-state index in [9.17, 15) is 4.79 Å². The van der Waals surface area contributed by atoms with Gasteiger partial charge in [0.25, 0.3) is 5.91 Å². The second-order valence-electron chi connectivity index (χ2n) is 7.29. The van der Waals surface area contributed by atoms with Crippen molar-refractivity contribution in [1.29, 1.82) is 0 Å². The van der Waals surface area contributed by atoms with Crippen LogP contribution in [0.4, 0.5) is 5.13 Å². The van der Waals surface area contributed by atoms with Crippen molar-refractivity contribution in [1.82, 2.24) is 10.3 Å². The lowest BCUT2D eigenvalue weighted by Crippen LogP contribution is -2.36. The zero-order chi connectivity index (χ0) is 17.9. The summed E-state index contributed by atoms with van der Waals surface area (Å²) in [5.41, 5.74) is 2.03. The zero-order valence-corrected chi connectivity index (χ0v) is 15.7. The van der Waals surface area contributed by atoms with Crippen LogP contribution in [0, 0.1) is 11.8 Å². The summed E-state index contributed by atoms with van der Waals surface area (Å²) < 4.78 is 0. The second-order valence-corrected chi connectivity index (χ2v) is 8.12. The fourth-order valence-electron chi connectivity index (χ4n) is 2.68. The Kier molecular flexibility index (Phi) is 5.10. The van der Waals surface area contributed by atoms with Gasteiger partial charge in [-0.05, 0) is 18.6 Å². The standard InChI is InChI=1S/C20H23N3OS/c1-20(2,3)17-14-25-19(22-17)23-12-11-16(13-23)21-18(24)10-9-15-7-5-4-6-8-15/h4-8,14,16H,11-13H2,1-3H3,(H,21,24). The number of thiazole rings is 1. The molecule has 1 saturated heterocycles. The molecule has 0 aliphatic carbocycles. The van der Waals surface area contributed by atoms with Crippen LogP contribution in [0.3, 0.4) is 0 Å². The van der Waals surface area contributed by atoms with Crippen LogP contribution in [0.25, 0.3) is 0 Å². The third-order valence-corrected chi connectivity index (χ3v) is 5.05. The molecule has 1 aromatic carbocycles. The molecular formula is C20H23N3OS. The Morgan fingerprint density at radius 1 is 1.32 bits per heavy atom. The molecule has 2 aromatic rings. The number of hydrogen-bond acceptors (Lipinski definition) is 4. The Bertz CT molecular complexity index is 796. The van der Waals surface area contributed by atoms with Crippen LogP contribution in [0.15, 0.2) is 35.7 Å². The van der Waals surface area contributed by atoms with Gasteiger partial charge >= 0.3 is 0 Å². The van der Waals surface area contributed by atoms with E-state index in [2.05, 4.69) is 48.2 Å². The van der Waals surface area contributed by atoms with Crippen LogP contribution in [0.2, 0.25) is 0 Å². The SMILES string of the molecule is CC(C)(C)c1csc(N2CCC(NC(=O)C#Cc3ccccc3)C2)n1. The van der Waals surface area contributed by atoms with Crippen molar-refractivity contribution in [3.05, 3.63) is 47.0 Å². The van der Waals surface area contributed by atoms with Crippen molar-refractivity contribution in [3.63, 3.8) is 0 Å². The highest BCUT2D eigenvalue weighted by Crippen LogP contribution is 2.30. The maximum atomic E-state index is 12.0. The minimum absolute atomic E-state index is 0.0646. The van der Waals surface area contributed by atoms with Gasteiger partial charge in [-0.3, -0.25) is 4.79 Å². The van der Waals surface area contributed by atoms with E-state index in [4.69, 9.17) is 4.98 Å². The molecule has 1 atom stereocenters. The average Bonchev–Trinajstić information content (AvgIpc) is 3.22. The van der Waals surface area contributed by atoms with Crippen LogP contribution in [0.1, 0.15) is 38.4 Å². The van der Waals surface area contributed by atoms with Crippen molar-refractivity contribution in [2.24, 2.45) is 0 Å². The van der Waals surface area contributed by atoms with Gasteiger partial charge in [-0.15, -0.1) is 11.3 Å². The number of aromatic nitrogens is 1. The lowest BCUT2D eigenvalue weighted by Gasteiger charge is -2.17. The lowest BCUT2D eigenvalue weighted by atomic mass is 9.93. The number of nitrogens with one attached hydrogen (secondary N) is 1. The molecule has 1 amide bonds. The van der Waals surface area contributed by atoms with Crippen LogP contribution in [-0.4, -0.2) is 30.0 Å². The summed E-state index contributed by atoms with van der Waals surface area (Å²) in [6, 6.07) is 9.68. The zero-order valence-electron chi connectivity index (χ0n) is 14.9. The fraction of sp³-hybridized carbons (Fsp3) is 0.400. The number of benzene rings is 1. The van der Waals surface area contributed by atoms with Crippen LogP contribution >= 0.6 is 11.3 Å². The van der Waals surface area contributed by atoms with Crippen molar-refractivity contribution in [2.75, 3.05) is 18.0 Å². The molecule has 0 saturated carbocycles. The number of carbonyl (C=O) groups is 1. The minimum Gasteiger partial charge on any atom is -0.346 e. The molecule has 0 spiro atoms. The first kappa shape index (κ1) is 17.5. The van der Waals surface area contributed by atoms with E-state index in [1.165, 1.54) is 0 Å². The average molecular weight is 353 g/mol. The maximum absolute atomic E-state index is 12.0. The molecule has 1 fully saturated rings. The van der Waals surface area contributed by atoms with Crippen molar-refractivity contribution < 1.29 is 4.79 Å². The van der Waals surface area contributed by atoms with Crippen LogP contribution in [-0.2, 0) is 10.2 Å². The molecular weight excluding hydrogens is 330 g/mol. The fourth-order valence-corrected chi connectivity index (χ4v) is 3.77. The highest BCUT2D eigenvalue weighted by Gasteiger charge is 2.27. The van der Waals surface area contributed by atoms with E-state index in [0.717, 1.165) is 35.9 Å². The Hall–Kier alpha value is -2.32. The largest absolute Gasteiger partial charge is 0.346 e. The summed E-state index contributed by atoms with van der Waals surface area (Å²) in [6.45, 7) is 8.21. The monoisotopic (exact) mass is 353 g/mol. The smallest absolute Gasteiger partial charge is 0.296 e. The summed E-state index contributed by atoms with van der Waals surface area (Å²) >= 11 is 1.68. The van der Waals surface area contributed by atoms with Gasteiger partial charge in [0.15, 0.2) is 5.13 Å². The normalized spacial score (nSPS) is 17.1. The molecule has 1 aliphatic heterocycles. The van der Waals surface area contributed by atoms with Gasteiger partial charge < -0.3 is 10.2 Å². The highest BCUT2D eigenvalue weighted by atomic mass is 32.1. The third-order valence-electron chi connectivity index (χ3n) is 4.15. The van der Waals surface area contributed by atoms with E-state index >= 15 is 0 Å². The van der Waals surface area contributed by atoms with E-state index < -0.39 is 0 Å².